The van der Waals surface area contributed by atoms with Crippen molar-refractivity contribution >= 4 is 5.91 Å². The van der Waals surface area contributed by atoms with Crippen molar-refractivity contribution in [1.82, 2.24) is 9.88 Å². The van der Waals surface area contributed by atoms with E-state index in [2.05, 4.69) is 4.98 Å². The fourth-order valence-corrected chi connectivity index (χ4v) is 2.63. The second-order valence-electron chi connectivity index (χ2n) is 5.83. The molecule has 1 aliphatic rings. The first kappa shape index (κ1) is 18.2. The summed E-state index contributed by atoms with van der Waals surface area (Å²) in [5, 5.41) is 0. The van der Waals surface area contributed by atoms with Crippen LogP contribution in [0.4, 0.5) is 13.2 Å². The van der Waals surface area contributed by atoms with Gasteiger partial charge in [0.1, 0.15) is 11.9 Å². The van der Waals surface area contributed by atoms with Gasteiger partial charge in [-0.05, 0) is 36.4 Å². The van der Waals surface area contributed by atoms with Gasteiger partial charge < -0.3 is 14.4 Å². The fourth-order valence-electron chi connectivity index (χ4n) is 2.63. The molecule has 138 valence electrons. The Labute approximate surface area is 148 Å². The predicted octanol–water partition coefficient (Wildman–Crippen LogP) is 3.02. The Hall–Kier alpha value is -2.61. The number of benzene rings is 1. The lowest BCUT2D eigenvalue weighted by Crippen LogP contribution is -2.40. The van der Waals surface area contributed by atoms with E-state index in [0.717, 1.165) is 12.1 Å². The summed E-state index contributed by atoms with van der Waals surface area (Å²) in [6, 6.07) is 7.68. The molecule has 0 saturated carbocycles. The highest BCUT2D eigenvalue weighted by atomic mass is 19.4. The number of pyridine rings is 1. The quantitative estimate of drug-likeness (QED) is 0.838. The van der Waals surface area contributed by atoms with Crippen molar-refractivity contribution in [3.8, 4) is 5.75 Å². The van der Waals surface area contributed by atoms with Crippen LogP contribution in [0.15, 0.2) is 48.8 Å². The average molecular weight is 366 g/mol. The van der Waals surface area contributed by atoms with Gasteiger partial charge in [0.15, 0.2) is 0 Å². The molecule has 26 heavy (non-hydrogen) atoms. The molecule has 0 radical (unpaired) electrons. The Morgan fingerprint density at radius 2 is 2.00 bits per heavy atom. The summed E-state index contributed by atoms with van der Waals surface area (Å²) in [5.74, 6) is 0.203. The third-order valence-electron chi connectivity index (χ3n) is 3.92. The lowest BCUT2D eigenvalue weighted by atomic mass is 10.1. The molecule has 0 aliphatic carbocycles. The summed E-state index contributed by atoms with van der Waals surface area (Å²) < 4.78 is 49.2. The van der Waals surface area contributed by atoms with Gasteiger partial charge in [0.05, 0.1) is 31.5 Å². The highest BCUT2D eigenvalue weighted by Gasteiger charge is 2.31. The first-order chi connectivity index (χ1) is 12.4. The largest absolute Gasteiger partial charge is 0.485 e. The number of aromatic nitrogens is 1. The molecule has 1 aromatic carbocycles. The van der Waals surface area contributed by atoms with Crippen molar-refractivity contribution in [2.24, 2.45) is 0 Å². The molecule has 0 N–H and O–H groups in total. The first-order valence-corrected chi connectivity index (χ1v) is 8.04. The number of nitrogens with zero attached hydrogens (tertiary/aromatic N) is 2. The van der Waals surface area contributed by atoms with E-state index in [1.165, 1.54) is 17.0 Å². The maximum atomic E-state index is 12.7. The molecule has 2 heterocycles. The van der Waals surface area contributed by atoms with E-state index >= 15 is 0 Å². The van der Waals surface area contributed by atoms with Gasteiger partial charge in [0, 0.05) is 18.3 Å². The van der Waals surface area contributed by atoms with E-state index < -0.39 is 11.7 Å². The van der Waals surface area contributed by atoms with E-state index in [9.17, 15) is 18.0 Å². The normalized spacial score (nSPS) is 18.3. The summed E-state index contributed by atoms with van der Waals surface area (Å²) in [6.45, 7) is 1.26. The van der Waals surface area contributed by atoms with Crippen molar-refractivity contribution in [1.29, 1.82) is 0 Å². The Morgan fingerprint density at radius 3 is 2.65 bits per heavy atom. The predicted molar refractivity (Wildman–Crippen MR) is 86.8 cm³/mol. The van der Waals surface area contributed by atoms with Crippen LogP contribution in [-0.4, -0.2) is 48.2 Å². The molecule has 1 atom stereocenters. The molecule has 8 heteroatoms. The van der Waals surface area contributed by atoms with E-state index in [1.54, 1.807) is 24.5 Å². The van der Waals surface area contributed by atoms with Crippen LogP contribution in [0.2, 0.25) is 0 Å². The van der Waals surface area contributed by atoms with Gasteiger partial charge in [0.2, 0.25) is 0 Å². The molecule has 1 aliphatic heterocycles. The number of halogens is 3. The summed E-state index contributed by atoms with van der Waals surface area (Å²) in [7, 11) is 0. The fraction of sp³-hybridized carbons (Fsp3) is 0.333. The smallest absolute Gasteiger partial charge is 0.416 e. The number of alkyl halides is 3. The minimum absolute atomic E-state index is 0.194. The molecule has 1 fully saturated rings. The van der Waals surface area contributed by atoms with Gasteiger partial charge in [-0.15, -0.1) is 0 Å². The molecule has 1 aromatic heterocycles. The molecule has 0 bridgehead atoms. The van der Waals surface area contributed by atoms with Crippen molar-refractivity contribution in [2.75, 3.05) is 26.3 Å². The van der Waals surface area contributed by atoms with E-state index in [4.69, 9.17) is 9.47 Å². The molecular formula is C18H17F3N2O3. The number of amides is 1. The van der Waals surface area contributed by atoms with Gasteiger partial charge in [0.25, 0.3) is 5.91 Å². The lowest BCUT2D eigenvalue weighted by Gasteiger charge is -2.24. The second-order valence-corrected chi connectivity index (χ2v) is 5.83. The van der Waals surface area contributed by atoms with Crippen LogP contribution in [0.25, 0.3) is 0 Å². The van der Waals surface area contributed by atoms with E-state index in [-0.39, 0.29) is 24.1 Å². The van der Waals surface area contributed by atoms with Crippen LogP contribution >= 0.6 is 0 Å². The monoisotopic (exact) mass is 366 g/mol. The molecule has 2 aromatic rings. The van der Waals surface area contributed by atoms with Crippen LogP contribution < -0.4 is 4.74 Å². The number of ether oxygens (including phenoxy) is 2. The zero-order valence-electron chi connectivity index (χ0n) is 13.8. The number of hydrogen-bond donors (Lipinski definition) is 0. The Morgan fingerprint density at radius 1 is 1.23 bits per heavy atom. The van der Waals surface area contributed by atoms with Crippen LogP contribution in [0.1, 0.15) is 15.9 Å². The molecule has 3 rings (SSSR count). The van der Waals surface area contributed by atoms with Gasteiger partial charge in [-0.1, -0.05) is 0 Å². The zero-order valence-corrected chi connectivity index (χ0v) is 13.8. The summed E-state index contributed by atoms with van der Waals surface area (Å²) >= 11 is 0. The maximum Gasteiger partial charge on any atom is 0.416 e. The average Bonchev–Trinajstić information content (AvgIpc) is 2.87. The summed E-state index contributed by atoms with van der Waals surface area (Å²) in [6.07, 6.45) is -1.63. The minimum Gasteiger partial charge on any atom is -0.485 e. The highest BCUT2D eigenvalue weighted by molar-refractivity contribution is 5.94. The minimum atomic E-state index is -4.43. The van der Waals surface area contributed by atoms with Crippen LogP contribution in [0, 0.1) is 0 Å². The lowest BCUT2D eigenvalue weighted by molar-refractivity contribution is -0.137. The molecule has 1 amide bonds. The topological polar surface area (TPSA) is 51.7 Å². The highest BCUT2D eigenvalue weighted by Crippen LogP contribution is 2.29. The second kappa shape index (κ2) is 7.74. The third-order valence-corrected chi connectivity index (χ3v) is 3.92. The molecule has 1 saturated heterocycles. The van der Waals surface area contributed by atoms with Crippen molar-refractivity contribution in [3.63, 3.8) is 0 Å². The van der Waals surface area contributed by atoms with Gasteiger partial charge in [-0.2, -0.15) is 13.2 Å². The standard InChI is InChI=1S/C18H17F3N2O3/c19-18(20,21)14-5-3-13(4-6-14)17(24)23-8-9-25-12-16(11-23)26-15-2-1-7-22-10-15/h1-7,10,16H,8-9,11-12H2/t16-/m1/s1. The van der Waals surface area contributed by atoms with Crippen LogP contribution in [0.3, 0.4) is 0 Å². The number of rotatable bonds is 3. The van der Waals surface area contributed by atoms with Gasteiger partial charge >= 0.3 is 6.18 Å². The summed E-state index contributed by atoms with van der Waals surface area (Å²) in [5.41, 5.74) is -0.592. The summed E-state index contributed by atoms with van der Waals surface area (Å²) in [4.78, 5) is 18.1. The van der Waals surface area contributed by atoms with Gasteiger partial charge in [-0.3, -0.25) is 9.78 Å². The van der Waals surface area contributed by atoms with E-state index in [1.807, 2.05) is 0 Å². The van der Waals surface area contributed by atoms with E-state index in [0.29, 0.717) is 25.5 Å². The first-order valence-electron chi connectivity index (χ1n) is 8.04. The van der Waals surface area contributed by atoms with Crippen LogP contribution in [-0.2, 0) is 10.9 Å². The van der Waals surface area contributed by atoms with Gasteiger partial charge in [-0.25, -0.2) is 0 Å². The number of carbonyl (C=O) groups is 1. The Bertz CT molecular complexity index is 736. The maximum absolute atomic E-state index is 12.7. The molecule has 5 nitrogen and oxygen atoms in total. The SMILES string of the molecule is O=C(c1ccc(C(F)(F)F)cc1)N1CCOC[C@H](Oc2cccnc2)C1. The molecular weight excluding hydrogens is 349 g/mol. The Kier molecular flexibility index (Phi) is 5.41. The van der Waals surface area contributed by atoms with Crippen molar-refractivity contribution in [3.05, 3.63) is 59.9 Å². The molecule has 0 unspecified atom stereocenters. The van der Waals surface area contributed by atoms with Crippen LogP contribution in [0.5, 0.6) is 5.75 Å². The third kappa shape index (κ3) is 4.51. The number of carbonyl (C=O) groups excluding carboxylic acids is 1. The van der Waals surface area contributed by atoms with Crippen molar-refractivity contribution in [2.45, 2.75) is 12.3 Å². The Balaban J connectivity index is 1.69. The zero-order chi connectivity index (χ0) is 18.6. The van der Waals surface area contributed by atoms with Crippen molar-refractivity contribution < 1.29 is 27.4 Å². The number of hydrogen-bond acceptors (Lipinski definition) is 4. The molecule has 0 spiro atoms.